The van der Waals surface area contributed by atoms with Gasteiger partial charge in [0.15, 0.2) is 0 Å². The molecule has 1 saturated heterocycles. The van der Waals surface area contributed by atoms with Gasteiger partial charge in [-0.2, -0.15) is 10.2 Å². The highest BCUT2D eigenvalue weighted by atomic mass is 16.5. The summed E-state index contributed by atoms with van der Waals surface area (Å²) in [5.41, 5.74) is 0.497. The summed E-state index contributed by atoms with van der Waals surface area (Å²) >= 11 is 0. The van der Waals surface area contributed by atoms with Crippen molar-refractivity contribution in [1.82, 2.24) is 19.6 Å². The second kappa shape index (κ2) is 5.49. The monoisotopic (exact) mass is 289 g/mol. The van der Waals surface area contributed by atoms with Gasteiger partial charge in [0.25, 0.3) is 11.5 Å². The number of ether oxygens (including phenoxy) is 1. The number of rotatable bonds is 3. The standard InChI is InChI=1S/C13H15N5O3/c1-17-12(19)3-2-11(16-17)13(20)15-9-6-14-18(7-9)10-4-5-21-8-10/h2-3,6-7,10H,4-5,8H2,1H3,(H,15,20)/t10-/m0/s1. The Morgan fingerprint density at radius 3 is 3.05 bits per heavy atom. The average Bonchev–Trinajstić information content (AvgIpc) is 3.12. The third-order valence-electron chi connectivity index (χ3n) is 3.33. The van der Waals surface area contributed by atoms with Crippen LogP contribution in [0.3, 0.4) is 0 Å². The molecule has 0 radical (unpaired) electrons. The maximum atomic E-state index is 12.1. The molecule has 0 aliphatic carbocycles. The molecule has 1 fully saturated rings. The Hall–Kier alpha value is -2.48. The molecule has 8 heteroatoms. The molecule has 2 aromatic heterocycles. The summed E-state index contributed by atoms with van der Waals surface area (Å²) in [7, 11) is 1.50. The number of carbonyl (C=O) groups excluding carboxylic acids is 1. The number of aromatic nitrogens is 4. The molecule has 3 rings (SSSR count). The van der Waals surface area contributed by atoms with E-state index in [1.54, 1.807) is 17.1 Å². The van der Waals surface area contributed by atoms with E-state index in [2.05, 4.69) is 15.5 Å². The smallest absolute Gasteiger partial charge is 0.276 e. The van der Waals surface area contributed by atoms with Crippen LogP contribution in [0, 0.1) is 0 Å². The molecule has 1 amide bonds. The van der Waals surface area contributed by atoms with Crippen molar-refractivity contribution < 1.29 is 9.53 Å². The van der Waals surface area contributed by atoms with Gasteiger partial charge in [-0.05, 0) is 12.5 Å². The maximum absolute atomic E-state index is 12.1. The second-order valence-electron chi connectivity index (χ2n) is 4.86. The van der Waals surface area contributed by atoms with Gasteiger partial charge in [0, 0.05) is 25.9 Å². The van der Waals surface area contributed by atoms with E-state index in [0.717, 1.165) is 17.7 Å². The highest BCUT2D eigenvalue weighted by Crippen LogP contribution is 2.19. The minimum atomic E-state index is -0.382. The molecular formula is C13H15N5O3. The van der Waals surface area contributed by atoms with Gasteiger partial charge in [-0.3, -0.25) is 14.3 Å². The van der Waals surface area contributed by atoms with Crippen molar-refractivity contribution in [3.8, 4) is 0 Å². The predicted molar refractivity (Wildman–Crippen MR) is 74.1 cm³/mol. The zero-order valence-electron chi connectivity index (χ0n) is 11.5. The molecule has 0 unspecified atom stereocenters. The van der Waals surface area contributed by atoms with Gasteiger partial charge < -0.3 is 10.1 Å². The van der Waals surface area contributed by atoms with Crippen LogP contribution in [0.5, 0.6) is 0 Å². The summed E-state index contributed by atoms with van der Waals surface area (Å²) in [6.07, 6.45) is 4.26. The summed E-state index contributed by atoms with van der Waals surface area (Å²) in [6.45, 7) is 1.37. The summed E-state index contributed by atoms with van der Waals surface area (Å²) in [5, 5.41) is 10.8. The third kappa shape index (κ3) is 2.84. The molecule has 2 aromatic rings. The van der Waals surface area contributed by atoms with Crippen LogP contribution in [0.1, 0.15) is 23.0 Å². The van der Waals surface area contributed by atoms with Crippen molar-refractivity contribution in [3.05, 3.63) is 40.6 Å². The number of amides is 1. The van der Waals surface area contributed by atoms with Crippen LogP contribution < -0.4 is 10.9 Å². The minimum Gasteiger partial charge on any atom is -0.379 e. The largest absolute Gasteiger partial charge is 0.379 e. The molecule has 0 spiro atoms. The van der Waals surface area contributed by atoms with Gasteiger partial charge in [-0.25, -0.2) is 4.68 Å². The topological polar surface area (TPSA) is 91.0 Å². The first kappa shape index (κ1) is 13.5. The Labute approximate surface area is 120 Å². The van der Waals surface area contributed by atoms with Gasteiger partial charge in [-0.1, -0.05) is 0 Å². The number of hydrogen-bond acceptors (Lipinski definition) is 5. The predicted octanol–water partition coefficient (Wildman–Crippen LogP) is 0.190. The van der Waals surface area contributed by atoms with E-state index in [4.69, 9.17) is 4.74 Å². The van der Waals surface area contributed by atoms with Crippen molar-refractivity contribution in [2.24, 2.45) is 7.05 Å². The zero-order chi connectivity index (χ0) is 14.8. The van der Waals surface area contributed by atoms with Crippen LogP contribution in [-0.4, -0.2) is 38.7 Å². The van der Waals surface area contributed by atoms with Crippen molar-refractivity contribution in [2.45, 2.75) is 12.5 Å². The molecule has 3 heterocycles. The van der Waals surface area contributed by atoms with E-state index < -0.39 is 0 Å². The van der Waals surface area contributed by atoms with Crippen LogP contribution in [-0.2, 0) is 11.8 Å². The SMILES string of the molecule is Cn1nc(C(=O)Nc2cnn([C@H]3CCOC3)c2)ccc1=O. The Bertz CT molecular complexity index is 715. The summed E-state index contributed by atoms with van der Waals surface area (Å²) in [5.74, 6) is -0.382. The summed E-state index contributed by atoms with van der Waals surface area (Å²) in [6, 6.07) is 2.92. The molecule has 0 bridgehead atoms. The zero-order valence-corrected chi connectivity index (χ0v) is 11.5. The van der Waals surface area contributed by atoms with Crippen molar-refractivity contribution >= 4 is 11.6 Å². The number of aryl methyl sites for hydroxylation is 1. The molecule has 110 valence electrons. The Kier molecular flexibility index (Phi) is 3.53. The van der Waals surface area contributed by atoms with Crippen LogP contribution in [0.15, 0.2) is 29.3 Å². The van der Waals surface area contributed by atoms with Gasteiger partial charge in [0.2, 0.25) is 0 Å². The fourth-order valence-electron chi connectivity index (χ4n) is 2.15. The van der Waals surface area contributed by atoms with Crippen LogP contribution in [0.25, 0.3) is 0 Å². The number of hydrogen-bond donors (Lipinski definition) is 1. The first-order chi connectivity index (χ1) is 10.1. The van der Waals surface area contributed by atoms with Gasteiger partial charge in [-0.15, -0.1) is 0 Å². The van der Waals surface area contributed by atoms with Crippen molar-refractivity contribution in [2.75, 3.05) is 18.5 Å². The fourth-order valence-corrected chi connectivity index (χ4v) is 2.15. The number of nitrogens with zero attached hydrogens (tertiary/aromatic N) is 4. The lowest BCUT2D eigenvalue weighted by molar-refractivity contribution is 0.102. The van der Waals surface area contributed by atoms with Crippen LogP contribution >= 0.6 is 0 Å². The normalized spacial score (nSPS) is 17.9. The van der Waals surface area contributed by atoms with E-state index in [1.165, 1.54) is 19.2 Å². The molecular weight excluding hydrogens is 274 g/mol. The Balaban J connectivity index is 1.72. The van der Waals surface area contributed by atoms with E-state index >= 15 is 0 Å². The first-order valence-electron chi connectivity index (χ1n) is 6.61. The second-order valence-corrected chi connectivity index (χ2v) is 4.86. The molecule has 1 N–H and O–H groups in total. The highest BCUT2D eigenvalue weighted by Gasteiger charge is 2.19. The molecule has 1 aliphatic rings. The van der Waals surface area contributed by atoms with E-state index in [1.807, 2.05) is 0 Å². The lowest BCUT2D eigenvalue weighted by atomic mass is 10.3. The minimum absolute atomic E-state index is 0.175. The van der Waals surface area contributed by atoms with Crippen molar-refractivity contribution in [1.29, 1.82) is 0 Å². The van der Waals surface area contributed by atoms with Gasteiger partial charge in [0.05, 0.1) is 24.5 Å². The van der Waals surface area contributed by atoms with Crippen LogP contribution in [0.4, 0.5) is 5.69 Å². The Morgan fingerprint density at radius 2 is 2.33 bits per heavy atom. The molecule has 1 atom stereocenters. The first-order valence-corrected chi connectivity index (χ1v) is 6.61. The lowest BCUT2D eigenvalue weighted by Crippen LogP contribution is -2.23. The third-order valence-corrected chi connectivity index (χ3v) is 3.33. The van der Waals surface area contributed by atoms with E-state index in [-0.39, 0.29) is 23.2 Å². The van der Waals surface area contributed by atoms with Crippen LogP contribution in [0.2, 0.25) is 0 Å². The number of anilines is 1. The molecule has 0 aromatic carbocycles. The van der Waals surface area contributed by atoms with Crippen molar-refractivity contribution in [3.63, 3.8) is 0 Å². The molecule has 21 heavy (non-hydrogen) atoms. The average molecular weight is 289 g/mol. The molecule has 1 aliphatic heterocycles. The number of nitrogens with one attached hydrogen (secondary N) is 1. The molecule has 0 saturated carbocycles. The van der Waals surface area contributed by atoms with E-state index in [0.29, 0.717) is 12.3 Å². The van der Waals surface area contributed by atoms with Gasteiger partial charge in [0.1, 0.15) is 5.69 Å². The Morgan fingerprint density at radius 1 is 1.48 bits per heavy atom. The summed E-state index contributed by atoms with van der Waals surface area (Å²) < 4.78 is 8.21. The molecule has 8 nitrogen and oxygen atoms in total. The quantitative estimate of drug-likeness (QED) is 0.871. The van der Waals surface area contributed by atoms with Gasteiger partial charge >= 0.3 is 0 Å². The maximum Gasteiger partial charge on any atom is 0.276 e. The lowest BCUT2D eigenvalue weighted by Gasteiger charge is -2.07. The fraction of sp³-hybridized carbons (Fsp3) is 0.385. The summed E-state index contributed by atoms with van der Waals surface area (Å²) in [4.78, 5) is 23.3. The number of carbonyl (C=O) groups is 1. The van der Waals surface area contributed by atoms with E-state index in [9.17, 15) is 9.59 Å². The highest BCUT2D eigenvalue weighted by molar-refractivity contribution is 6.02.